The standard InChI is InChI=1S/C37H43N5O10S/c1-23(2)34-36(46)39-21-26-27(50-3)11-9-12-28(26)52-30-20-24(14-15-29(30)51-4)35(45)38-17-7-8-18-41(22-32(43)40-34)33(44)16-19-42-37(47)25-10-5-6-13-31(25)53(42,48)49/h5-6,9-15,20,23,34H,7-8,16-19,21-22H2,1-4H3,(H,38,45)(H,39,46)(H,40,43)/t34-/m1/s1. The third-order valence-electron chi connectivity index (χ3n) is 8.93. The molecule has 0 aromatic heterocycles. The van der Waals surface area contributed by atoms with Crippen LogP contribution in [0.25, 0.3) is 0 Å². The zero-order chi connectivity index (χ0) is 38.3. The highest BCUT2D eigenvalue weighted by Crippen LogP contribution is 2.37. The molecule has 0 unspecified atom stereocenters. The monoisotopic (exact) mass is 749 g/mol. The molecule has 2 heterocycles. The van der Waals surface area contributed by atoms with Crippen LogP contribution in [0.3, 0.4) is 0 Å². The Hall–Kier alpha value is -5.64. The van der Waals surface area contributed by atoms with Crippen molar-refractivity contribution in [3.63, 3.8) is 0 Å². The number of ether oxygens (including phenoxy) is 3. The Labute approximate surface area is 308 Å². The lowest BCUT2D eigenvalue weighted by atomic mass is 10.0. The first kappa shape index (κ1) is 38.6. The first-order chi connectivity index (χ1) is 25.3. The largest absolute Gasteiger partial charge is 0.496 e. The van der Waals surface area contributed by atoms with E-state index in [1.54, 1.807) is 56.3 Å². The molecule has 3 aromatic carbocycles. The van der Waals surface area contributed by atoms with Crippen molar-refractivity contribution in [2.24, 2.45) is 5.92 Å². The number of sulfonamides is 1. The van der Waals surface area contributed by atoms with Gasteiger partial charge in [0, 0.05) is 31.6 Å². The van der Waals surface area contributed by atoms with Crippen LogP contribution in [0.2, 0.25) is 0 Å². The minimum atomic E-state index is -4.14. The Morgan fingerprint density at radius 3 is 2.40 bits per heavy atom. The minimum Gasteiger partial charge on any atom is -0.496 e. The lowest BCUT2D eigenvalue weighted by Gasteiger charge is -2.26. The quantitative estimate of drug-likeness (QED) is 0.338. The number of hydrogen-bond donors (Lipinski definition) is 3. The number of carbonyl (C=O) groups is 5. The fraction of sp³-hybridized carbons (Fsp3) is 0.378. The van der Waals surface area contributed by atoms with Crippen LogP contribution in [0.15, 0.2) is 65.6 Å². The summed E-state index contributed by atoms with van der Waals surface area (Å²) in [6.07, 6.45) is 0.421. The maximum atomic E-state index is 13.6. The van der Waals surface area contributed by atoms with Gasteiger partial charge in [-0.15, -0.1) is 0 Å². The van der Waals surface area contributed by atoms with E-state index in [9.17, 15) is 32.4 Å². The third-order valence-corrected chi connectivity index (χ3v) is 10.8. The van der Waals surface area contributed by atoms with Gasteiger partial charge in [-0.1, -0.05) is 32.0 Å². The fourth-order valence-corrected chi connectivity index (χ4v) is 7.64. The fourth-order valence-electron chi connectivity index (χ4n) is 6.07. The number of methoxy groups -OCH3 is 2. The van der Waals surface area contributed by atoms with Crippen molar-refractivity contribution < 1.29 is 46.6 Å². The van der Waals surface area contributed by atoms with Crippen LogP contribution in [-0.4, -0.2) is 93.6 Å². The van der Waals surface area contributed by atoms with Gasteiger partial charge >= 0.3 is 0 Å². The highest BCUT2D eigenvalue weighted by Gasteiger charge is 2.41. The molecular weight excluding hydrogens is 706 g/mol. The van der Waals surface area contributed by atoms with Gasteiger partial charge in [0.1, 0.15) is 22.4 Å². The number of rotatable bonds is 6. The maximum absolute atomic E-state index is 13.6. The Morgan fingerprint density at radius 2 is 1.68 bits per heavy atom. The van der Waals surface area contributed by atoms with E-state index in [1.807, 2.05) is 0 Å². The summed E-state index contributed by atoms with van der Waals surface area (Å²) in [4.78, 5) is 67.8. The van der Waals surface area contributed by atoms with Crippen molar-refractivity contribution in [1.82, 2.24) is 25.2 Å². The van der Waals surface area contributed by atoms with Crippen molar-refractivity contribution in [3.05, 3.63) is 77.4 Å². The molecule has 0 radical (unpaired) electrons. The van der Waals surface area contributed by atoms with Crippen LogP contribution in [0, 0.1) is 5.92 Å². The maximum Gasteiger partial charge on any atom is 0.269 e. The molecule has 2 aliphatic rings. The van der Waals surface area contributed by atoms with Crippen LogP contribution in [-0.2, 0) is 31.0 Å². The smallest absolute Gasteiger partial charge is 0.269 e. The summed E-state index contributed by atoms with van der Waals surface area (Å²) in [7, 11) is -1.19. The van der Waals surface area contributed by atoms with E-state index in [4.69, 9.17) is 14.2 Å². The SMILES string of the molecule is COc1ccc2cc1Oc1cccc(OC)c1CNC(=O)[C@@H](C(C)C)NC(=O)CN(C(=O)CCN1C(=O)c3ccccc3S1(=O)=O)CCCCNC2=O. The highest BCUT2D eigenvalue weighted by atomic mass is 32.2. The predicted molar refractivity (Wildman–Crippen MR) is 192 cm³/mol. The first-order valence-corrected chi connectivity index (χ1v) is 18.6. The molecule has 0 spiro atoms. The Morgan fingerprint density at radius 1 is 0.925 bits per heavy atom. The molecule has 3 aromatic rings. The number of amides is 5. The molecule has 53 heavy (non-hydrogen) atoms. The predicted octanol–water partition coefficient (Wildman–Crippen LogP) is 2.84. The number of nitrogens with one attached hydrogen (secondary N) is 3. The average molecular weight is 750 g/mol. The number of carbonyl (C=O) groups excluding carboxylic acids is 5. The molecule has 2 bridgehead atoms. The number of benzene rings is 3. The summed E-state index contributed by atoms with van der Waals surface area (Å²) < 4.78 is 44.1. The van der Waals surface area contributed by atoms with Gasteiger partial charge in [-0.05, 0) is 61.2 Å². The molecule has 5 amide bonds. The molecule has 0 saturated heterocycles. The summed E-state index contributed by atoms with van der Waals surface area (Å²) in [6.45, 7) is 2.96. The molecule has 16 heteroatoms. The van der Waals surface area contributed by atoms with E-state index < -0.39 is 52.8 Å². The summed E-state index contributed by atoms with van der Waals surface area (Å²) in [5.74, 6) is -1.75. The number of fused-ring (bicyclic) bond motifs is 4. The van der Waals surface area contributed by atoms with Gasteiger partial charge < -0.3 is 35.1 Å². The lowest BCUT2D eigenvalue weighted by molar-refractivity contribution is -0.137. The van der Waals surface area contributed by atoms with Crippen molar-refractivity contribution in [1.29, 1.82) is 0 Å². The molecule has 282 valence electrons. The average Bonchev–Trinajstić information content (AvgIpc) is 3.33. The minimum absolute atomic E-state index is 0.0301. The van der Waals surface area contributed by atoms with Crippen LogP contribution < -0.4 is 30.2 Å². The van der Waals surface area contributed by atoms with Crippen LogP contribution in [0.1, 0.15) is 59.4 Å². The van der Waals surface area contributed by atoms with Gasteiger partial charge in [-0.2, -0.15) is 0 Å². The van der Waals surface area contributed by atoms with Gasteiger partial charge in [0.2, 0.25) is 17.7 Å². The summed E-state index contributed by atoms with van der Waals surface area (Å²) in [5.41, 5.74) is 0.819. The molecule has 5 rings (SSSR count). The third kappa shape index (κ3) is 8.71. The van der Waals surface area contributed by atoms with Gasteiger partial charge in [-0.25, -0.2) is 12.7 Å². The van der Waals surface area contributed by atoms with Gasteiger partial charge in [0.05, 0.1) is 38.4 Å². The van der Waals surface area contributed by atoms with Gasteiger partial charge in [0.15, 0.2) is 11.5 Å². The molecule has 2 aliphatic heterocycles. The normalized spacial score (nSPS) is 18.2. The topological polar surface area (TPSA) is 190 Å². The molecule has 0 fully saturated rings. The Kier molecular flexibility index (Phi) is 12.2. The summed E-state index contributed by atoms with van der Waals surface area (Å²) in [6, 6.07) is 14.7. The second-order valence-corrected chi connectivity index (χ2v) is 14.6. The van der Waals surface area contributed by atoms with Crippen LogP contribution in [0.5, 0.6) is 23.0 Å². The van der Waals surface area contributed by atoms with Crippen molar-refractivity contribution in [2.45, 2.75) is 50.6 Å². The molecule has 0 aliphatic carbocycles. The van der Waals surface area contributed by atoms with Crippen molar-refractivity contribution >= 4 is 39.6 Å². The molecule has 0 saturated carbocycles. The van der Waals surface area contributed by atoms with Crippen LogP contribution in [0.4, 0.5) is 0 Å². The van der Waals surface area contributed by atoms with E-state index >= 15 is 0 Å². The van der Waals surface area contributed by atoms with Gasteiger partial charge in [0.25, 0.3) is 21.8 Å². The zero-order valence-electron chi connectivity index (χ0n) is 30.0. The summed E-state index contributed by atoms with van der Waals surface area (Å²) >= 11 is 0. The summed E-state index contributed by atoms with van der Waals surface area (Å²) in [5, 5.41) is 8.44. The Balaban J connectivity index is 1.39. The molecule has 1 atom stereocenters. The molecular formula is C37H43N5O10S. The van der Waals surface area contributed by atoms with Crippen molar-refractivity contribution in [2.75, 3.05) is 40.4 Å². The highest BCUT2D eigenvalue weighted by molar-refractivity contribution is 7.90. The zero-order valence-corrected chi connectivity index (χ0v) is 30.8. The first-order valence-electron chi connectivity index (χ1n) is 17.2. The second-order valence-electron chi connectivity index (χ2n) is 12.8. The van der Waals surface area contributed by atoms with Gasteiger partial charge in [-0.3, -0.25) is 24.0 Å². The van der Waals surface area contributed by atoms with Crippen molar-refractivity contribution in [3.8, 4) is 23.0 Å². The number of nitrogens with zero attached hydrogens (tertiary/aromatic N) is 2. The second kappa shape index (κ2) is 16.8. The lowest BCUT2D eigenvalue weighted by Crippen LogP contribution is -2.52. The van der Waals surface area contributed by atoms with E-state index in [2.05, 4.69) is 16.0 Å². The number of hydrogen-bond acceptors (Lipinski definition) is 10. The van der Waals surface area contributed by atoms with E-state index in [0.717, 1.165) is 0 Å². The van der Waals surface area contributed by atoms with E-state index in [-0.39, 0.29) is 54.1 Å². The van der Waals surface area contributed by atoms with Crippen LogP contribution >= 0.6 is 0 Å². The van der Waals surface area contributed by atoms with E-state index in [1.165, 1.54) is 37.3 Å². The molecule has 3 N–H and O–H groups in total. The van der Waals surface area contributed by atoms with E-state index in [0.29, 0.717) is 45.5 Å². The molecule has 15 nitrogen and oxygen atoms in total. The Bertz CT molecular complexity index is 2000.